The van der Waals surface area contributed by atoms with Crippen LogP contribution in [0.15, 0.2) is 36.7 Å². The van der Waals surface area contributed by atoms with Gasteiger partial charge in [-0.2, -0.15) is 5.10 Å². The molecular formula is C19H17Cl2IN4O2. The van der Waals surface area contributed by atoms with Gasteiger partial charge in [-0.1, -0.05) is 23.2 Å². The van der Waals surface area contributed by atoms with Gasteiger partial charge in [0, 0.05) is 32.8 Å². The fourth-order valence-electron chi connectivity index (χ4n) is 2.88. The van der Waals surface area contributed by atoms with Gasteiger partial charge >= 0.3 is 5.97 Å². The van der Waals surface area contributed by atoms with Crippen molar-refractivity contribution >= 4 is 57.4 Å². The van der Waals surface area contributed by atoms with Crippen LogP contribution in [0.25, 0.3) is 11.1 Å². The van der Waals surface area contributed by atoms with E-state index in [1.807, 2.05) is 19.9 Å². The molecule has 0 aliphatic heterocycles. The van der Waals surface area contributed by atoms with Gasteiger partial charge in [0.15, 0.2) is 5.69 Å². The maximum Gasteiger partial charge on any atom is 0.354 e. The number of pyridine rings is 1. The third kappa shape index (κ3) is 4.59. The first-order valence-corrected chi connectivity index (χ1v) is 10.2. The second-order valence-corrected chi connectivity index (χ2v) is 8.35. The molecule has 2 N–H and O–H groups in total. The van der Waals surface area contributed by atoms with E-state index in [-0.39, 0.29) is 11.7 Å². The lowest BCUT2D eigenvalue weighted by atomic mass is 10.1. The van der Waals surface area contributed by atoms with Crippen molar-refractivity contribution in [3.8, 4) is 11.1 Å². The molecule has 3 rings (SSSR count). The molecule has 1 unspecified atom stereocenters. The zero-order valence-corrected chi connectivity index (χ0v) is 18.7. The Labute approximate surface area is 186 Å². The van der Waals surface area contributed by atoms with Crippen LogP contribution >= 0.6 is 45.8 Å². The van der Waals surface area contributed by atoms with Gasteiger partial charge in [-0.05, 0) is 66.3 Å². The van der Waals surface area contributed by atoms with Crippen LogP contribution in [-0.2, 0) is 6.54 Å². The first-order chi connectivity index (χ1) is 13.3. The quantitative estimate of drug-likeness (QED) is 0.331. The van der Waals surface area contributed by atoms with Gasteiger partial charge in [0.1, 0.15) is 0 Å². The molecule has 2 heterocycles. The van der Waals surface area contributed by atoms with Crippen LogP contribution in [0.4, 0.5) is 5.69 Å². The van der Waals surface area contributed by atoms with Gasteiger partial charge in [0.05, 0.1) is 22.8 Å². The summed E-state index contributed by atoms with van der Waals surface area (Å²) in [7, 11) is 0. The van der Waals surface area contributed by atoms with E-state index in [4.69, 9.17) is 23.2 Å². The minimum atomic E-state index is -1.03. The van der Waals surface area contributed by atoms with E-state index in [1.165, 1.54) is 4.68 Å². The van der Waals surface area contributed by atoms with E-state index in [1.54, 1.807) is 30.6 Å². The highest BCUT2D eigenvalue weighted by molar-refractivity contribution is 14.1. The highest BCUT2D eigenvalue weighted by Gasteiger charge is 2.21. The van der Waals surface area contributed by atoms with Crippen molar-refractivity contribution < 1.29 is 9.90 Å². The predicted octanol–water partition coefficient (Wildman–Crippen LogP) is 5.36. The Balaban J connectivity index is 1.86. The Morgan fingerprint density at radius 2 is 2.04 bits per heavy atom. The fourth-order valence-corrected chi connectivity index (χ4v) is 4.01. The predicted molar refractivity (Wildman–Crippen MR) is 119 cm³/mol. The summed E-state index contributed by atoms with van der Waals surface area (Å²) in [5, 5.41) is 18.3. The molecule has 0 radical (unpaired) electrons. The summed E-state index contributed by atoms with van der Waals surface area (Å²) in [5.41, 5.74) is 3.12. The van der Waals surface area contributed by atoms with E-state index in [9.17, 15) is 9.90 Å². The van der Waals surface area contributed by atoms with Crippen LogP contribution in [0.2, 0.25) is 10.0 Å². The molecule has 1 aromatic carbocycles. The smallest absolute Gasteiger partial charge is 0.354 e. The second-order valence-electron chi connectivity index (χ2n) is 6.37. The van der Waals surface area contributed by atoms with Gasteiger partial charge in [-0.3, -0.25) is 9.67 Å². The Morgan fingerprint density at radius 3 is 2.71 bits per heavy atom. The molecule has 1 atom stereocenters. The number of carbonyl (C=O) groups is 1. The summed E-state index contributed by atoms with van der Waals surface area (Å²) in [6, 6.07) is 7.05. The molecule has 0 amide bonds. The van der Waals surface area contributed by atoms with Gasteiger partial charge in [-0.25, -0.2) is 4.79 Å². The molecule has 146 valence electrons. The zero-order valence-electron chi connectivity index (χ0n) is 15.1. The minimum absolute atomic E-state index is 0.101. The van der Waals surface area contributed by atoms with E-state index >= 15 is 0 Å². The zero-order chi connectivity index (χ0) is 20.4. The number of anilines is 1. The number of aromatic nitrogens is 3. The largest absolute Gasteiger partial charge is 0.477 e. The molecule has 0 aliphatic rings. The highest BCUT2D eigenvalue weighted by atomic mass is 127. The summed E-state index contributed by atoms with van der Waals surface area (Å²) >= 11 is 14.3. The average Bonchev–Trinajstić information content (AvgIpc) is 3.03. The van der Waals surface area contributed by atoms with Crippen LogP contribution in [0.3, 0.4) is 0 Å². The standard InChI is InChI=1S/C19H17Cl2IN4O2/c1-10-5-12(3-4-23-10)13-8-24-26(18(13)19(27)28)9-11(2)25-17-7-15(21)14(20)6-16(17)22/h3-8,11,25H,9H2,1-2H3,(H,27,28). The molecule has 0 fully saturated rings. The van der Waals surface area contributed by atoms with E-state index < -0.39 is 5.97 Å². The molecule has 0 spiro atoms. The Kier molecular flexibility index (Phi) is 6.47. The van der Waals surface area contributed by atoms with Crippen molar-refractivity contribution in [3.05, 3.63) is 61.7 Å². The Hall–Kier alpha value is -1.84. The van der Waals surface area contributed by atoms with Crippen LogP contribution in [0, 0.1) is 10.5 Å². The number of nitrogens with zero attached hydrogens (tertiary/aromatic N) is 3. The summed E-state index contributed by atoms with van der Waals surface area (Å²) in [5.74, 6) is -1.03. The number of aryl methyl sites for hydroxylation is 1. The molecule has 28 heavy (non-hydrogen) atoms. The lowest BCUT2D eigenvalue weighted by Gasteiger charge is -2.18. The lowest BCUT2D eigenvalue weighted by molar-refractivity contribution is 0.0684. The molecular weight excluding hydrogens is 514 g/mol. The summed E-state index contributed by atoms with van der Waals surface area (Å²) in [6.45, 7) is 4.17. The van der Waals surface area contributed by atoms with Crippen molar-refractivity contribution in [2.75, 3.05) is 5.32 Å². The number of halogens is 3. The lowest BCUT2D eigenvalue weighted by Crippen LogP contribution is -2.25. The van der Waals surface area contributed by atoms with Crippen molar-refractivity contribution in [2.24, 2.45) is 0 Å². The molecule has 0 bridgehead atoms. The number of rotatable bonds is 6. The number of hydrogen-bond donors (Lipinski definition) is 2. The van der Waals surface area contributed by atoms with Crippen LogP contribution in [-0.4, -0.2) is 31.9 Å². The van der Waals surface area contributed by atoms with Crippen molar-refractivity contribution in [1.29, 1.82) is 0 Å². The first kappa shape index (κ1) is 20.9. The molecule has 0 saturated heterocycles. The van der Waals surface area contributed by atoms with Crippen molar-refractivity contribution in [2.45, 2.75) is 26.4 Å². The fraction of sp³-hybridized carbons (Fsp3) is 0.211. The third-order valence-corrected chi connectivity index (χ3v) is 5.72. The molecule has 2 aromatic heterocycles. The number of benzene rings is 1. The second kappa shape index (κ2) is 8.67. The number of nitrogens with one attached hydrogen (secondary N) is 1. The summed E-state index contributed by atoms with van der Waals surface area (Å²) < 4.78 is 2.42. The van der Waals surface area contributed by atoms with Crippen molar-refractivity contribution in [3.63, 3.8) is 0 Å². The number of aromatic carboxylic acids is 1. The van der Waals surface area contributed by atoms with Crippen molar-refractivity contribution in [1.82, 2.24) is 14.8 Å². The van der Waals surface area contributed by atoms with Crippen LogP contribution < -0.4 is 5.32 Å². The number of hydrogen-bond acceptors (Lipinski definition) is 4. The molecule has 9 heteroatoms. The molecule has 0 saturated carbocycles. The Bertz CT molecular complexity index is 1040. The highest BCUT2D eigenvalue weighted by Crippen LogP contribution is 2.31. The Morgan fingerprint density at radius 1 is 1.32 bits per heavy atom. The summed E-state index contributed by atoms with van der Waals surface area (Å²) in [6.07, 6.45) is 3.23. The molecule has 6 nitrogen and oxygen atoms in total. The maximum atomic E-state index is 11.9. The maximum absolute atomic E-state index is 11.9. The molecule has 0 aliphatic carbocycles. The first-order valence-electron chi connectivity index (χ1n) is 8.39. The average molecular weight is 531 g/mol. The van der Waals surface area contributed by atoms with E-state index in [2.05, 4.69) is 38.0 Å². The van der Waals surface area contributed by atoms with Gasteiger partial charge in [0.25, 0.3) is 0 Å². The minimum Gasteiger partial charge on any atom is -0.477 e. The number of carboxylic acid groups (broad SMARTS) is 1. The third-order valence-electron chi connectivity index (χ3n) is 4.11. The SMILES string of the molecule is Cc1cc(-c2cnn(CC(C)Nc3cc(Cl)c(Cl)cc3I)c2C(=O)O)ccn1. The topological polar surface area (TPSA) is 80.0 Å². The molecule has 3 aromatic rings. The van der Waals surface area contributed by atoms with Gasteiger partial charge in [0.2, 0.25) is 0 Å². The van der Waals surface area contributed by atoms with E-state index in [0.717, 1.165) is 20.5 Å². The van der Waals surface area contributed by atoms with Gasteiger partial charge in [-0.15, -0.1) is 0 Å². The van der Waals surface area contributed by atoms with Gasteiger partial charge < -0.3 is 10.4 Å². The monoisotopic (exact) mass is 530 g/mol. The van der Waals surface area contributed by atoms with Crippen LogP contribution in [0.5, 0.6) is 0 Å². The normalized spacial score (nSPS) is 12.0. The summed E-state index contributed by atoms with van der Waals surface area (Å²) in [4.78, 5) is 16.1. The van der Waals surface area contributed by atoms with E-state index in [0.29, 0.717) is 22.2 Å². The van der Waals surface area contributed by atoms with Crippen LogP contribution in [0.1, 0.15) is 23.1 Å². The number of carboxylic acids is 1.